The highest BCUT2D eigenvalue weighted by Crippen LogP contribution is 2.66. The first-order valence-corrected chi connectivity index (χ1v) is 13.6. The van der Waals surface area contributed by atoms with Gasteiger partial charge in [-0.2, -0.15) is 0 Å². The summed E-state index contributed by atoms with van der Waals surface area (Å²) in [5.74, 6) is 4.33. The molecule has 1 heterocycles. The second-order valence-corrected chi connectivity index (χ2v) is 12.3. The van der Waals surface area contributed by atoms with Crippen molar-refractivity contribution in [2.45, 2.75) is 82.8 Å². The molecule has 170 valence electrons. The topological polar surface area (TPSA) is 29.5 Å². The number of carbonyl (C=O) groups is 1. The minimum atomic E-state index is 0.271. The number of hydrogen-bond donors (Lipinski definition) is 0. The van der Waals surface area contributed by atoms with E-state index < -0.39 is 0 Å². The molecule has 3 unspecified atom stereocenters. The summed E-state index contributed by atoms with van der Waals surface area (Å²) in [4.78, 5) is 15.9. The van der Waals surface area contributed by atoms with Gasteiger partial charge in [-0.05, 0) is 98.1 Å². The second kappa shape index (κ2) is 7.71. The Morgan fingerprint density at radius 3 is 2.45 bits per heavy atom. The highest BCUT2D eigenvalue weighted by atomic mass is 32.2. The number of rotatable bonds is 3. The van der Waals surface area contributed by atoms with Gasteiger partial charge in [0, 0.05) is 29.8 Å². The number of fused-ring (bicyclic) bond motifs is 5. The molecule has 3 nitrogen and oxygen atoms in total. The first-order valence-electron chi connectivity index (χ1n) is 12.3. The van der Waals surface area contributed by atoms with Crippen LogP contribution < -0.4 is 4.74 Å². The van der Waals surface area contributed by atoms with Crippen LogP contribution in [0.3, 0.4) is 0 Å². The second-order valence-electron chi connectivity index (χ2n) is 11.4. The number of amides is 1. The minimum absolute atomic E-state index is 0.271. The van der Waals surface area contributed by atoms with Crippen molar-refractivity contribution in [3.8, 4) is 5.75 Å². The Kier molecular flexibility index (Phi) is 5.39. The zero-order valence-electron chi connectivity index (χ0n) is 19.9. The highest BCUT2D eigenvalue weighted by Gasteiger charge is 2.63. The Labute approximate surface area is 192 Å². The van der Waals surface area contributed by atoms with Crippen LogP contribution in [0.15, 0.2) is 29.2 Å². The molecule has 0 N–H and O–H groups in total. The number of likely N-dealkylation sites (tertiary alicyclic amines) is 1. The molecule has 8 atom stereocenters. The van der Waals surface area contributed by atoms with Crippen LogP contribution in [-0.2, 0) is 4.79 Å². The van der Waals surface area contributed by atoms with Gasteiger partial charge in [-0.3, -0.25) is 4.79 Å². The highest BCUT2D eigenvalue weighted by molar-refractivity contribution is 7.98. The zero-order chi connectivity index (χ0) is 22.0. The molecule has 4 fully saturated rings. The number of carbonyl (C=O) groups excluding carboxylic acids is 1. The fourth-order valence-electron chi connectivity index (χ4n) is 8.43. The molecule has 31 heavy (non-hydrogen) atoms. The SMILES string of the molecule is CSc1ccc(OC2CC[C@H]3[C@@H]4C(C)CC5N(C)C(=O)CC[C@]5(C)[C@@H]4CC[C@]23C)cc1. The summed E-state index contributed by atoms with van der Waals surface area (Å²) >= 11 is 1.78. The molecule has 1 amide bonds. The lowest BCUT2D eigenvalue weighted by Gasteiger charge is -2.63. The van der Waals surface area contributed by atoms with Gasteiger partial charge in [0.2, 0.25) is 5.91 Å². The van der Waals surface area contributed by atoms with E-state index in [0.29, 0.717) is 24.0 Å². The fraction of sp³-hybridized carbons (Fsp3) is 0.741. The quantitative estimate of drug-likeness (QED) is 0.518. The molecule has 0 bridgehead atoms. The Hall–Kier alpha value is -1.16. The molecule has 0 spiro atoms. The Balaban J connectivity index is 1.39. The van der Waals surface area contributed by atoms with E-state index in [4.69, 9.17) is 4.74 Å². The average Bonchev–Trinajstić information content (AvgIpc) is 3.09. The van der Waals surface area contributed by atoms with Crippen molar-refractivity contribution in [2.24, 2.45) is 34.5 Å². The lowest BCUT2D eigenvalue weighted by Crippen LogP contribution is -2.63. The molecule has 3 aliphatic carbocycles. The largest absolute Gasteiger partial charge is 0.490 e. The van der Waals surface area contributed by atoms with E-state index >= 15 is 0 Å². The molecular formula is C27H39NO2S. The first kappa shape index (κ1) is 21.7. The van der Waals surface area contributed by atoms with Crippen molar-refractivity contribution in [1.29, 1.82) is 0 Å². The van der Waals surface area contributed by atoms with E-state index in [0.717, 1.165) is 36.3 Å². The molecule has 1 aliphatic heterocycles. The van der Waals surface area contributed by atoms with Gasteiger partial charge in [0.25, 0.3) is 0 Å². The third-order valence-electron chi connectivity index (χ3n) is 10.2. The third-order valence-corrected chi connectivity index (χ3v) is 10.9. The fourth-order valence-corrected chi connectivity index (χ4v) is 8.83. The Bertz CT molecular complexity index is 840. The van der Waals surface area contributed by atoms with Crippen LogP contribution in [0.1, 0.15) is 65.7 Å². The van der Waals surface area contributed by atoms with Crippen LogP contribution in [0.5, 0.6) is 5.75 Å². The van der Waals surface area contributed by atoms with Crippen molar-refractivity contribution in [3.63, 3.8) is 0 Å². The maximum Gasteiger partial charge on any atom is 0.222 e. The number of ether oxygens (including phenoxy) is 1. The smallest absolute Gasteiger partial charge is 0.222 e. The molecule has 0 aromatic heterocycles. The van der Waals surface area contributed by atoms with Crippen LogP contribution in [0.2, 0.25) is 0 Å². The monoisotopic (exact) mass is 441 g/mol. The van der Waals surface area contributed by atoms with Crippen LogP contribution in [0.25, 0.3) is 0 Å². The molecular weight excluding hydrogens is 402 g/mol. The van der Waals surface area contributed by atoms with Gasteiger partial charge in [0.15, 0.2) is 0 Å². The van der Waals surface area contributed by atoms with Crippen molar-refractivity contribution >= 4 is 17.7 Å². The van der Waals surface area contributed by atoms with Crippen LogP contribution >= 0.6 is 11.8 Å². The number of benzene rings is 1. The minimum Gasteiger partial charge on any atom is -0.490 e. The Morgan fingerprint density at radius 1 is 1.03 bits per heavy atom. The van der Waals surface area contributed by atoms with Gasteiger partial charge in [-0.15, -0.1) is 11.8 Å². The summed E-state index contributed by atoms with van der Waals surface area (Å²) < 4.78 is 6.66. The van der Waals surface area contributed by atoms with E-state index in [1.54, 1.807) is 11.8 Å². The lowest BCUT2D eigenvalue weighted by atomic mass is 9.45. The molecule has 1 saturated heterocycles. The third kappa shape index (κ3) is 3.26. The van der Waals surface area contributed by atoms with Gasteiger partial charge >= 0.3 is 0 Å². The molecule has 1 aromatic carbocycles. The van der Waals surface area contributed by atoms with E-state index in [1.165, 1.54) is 37.0 Å². The van der Waals surface area contributed by atoms with Crippen molar-refractivity contribution in [1.82, 2.24) is 4.90 Å². The maximum absolute atomic E-state index is 12.5. The number of thioether (sulfide) groups is 1. The Morgan fingerprint density at radius 2 is 1.74 bits per heavy atom. The number of hydrogen-bond acceptors (Lipinski definition) is 3. The maximum atomic E-state index is 12.5. The van der Waals surface area contributed by atoms with Crippen molar-refractivity contribution < 1.29 is 9.53 Å². The van der Waals surface area contributed by atoms with Crippen LogP contribution in [-0.4, -0.2) is 36.3 Å². The number of piperidine rings is 1. The van der Waals surface area contributed by atoms with E-state index in [9.17, 15) is 4.79 Å². The summed E-state index contributed by atoms with van der Waals surface area (Å²) in [6.45, 7) is 7.52. The molecule has 0 radical (unpaired) electrons. The van der Waals surface area contributed by atoms with Gasteiger partial charge < -0.3 is 9.64 Å². The average molecular weight is 442 g/mol. The summed E-state index contributed by atoms with van der Waals surface area (Å²) in [7, 11) is 2.06. The van der Waals surface area contributed by atoms with Crippen molar-refractivity contribution in [3.05, 3.63) is 24.3 Å². The lowest BCUT2D eigenvalue weighted by molar-refractivity contribution is -0.168. The van der Waals surface area contributed by atoms with Crippen LogP contribution in [0, 0.1) is 34.5 Å². The summed E-state index contributed by atoms with van der Waals surface area (Å²) in [5.41, 5.74) is 0.556. The van der Waals surface area contributed by atoms with E-state index in [2.05, 4.69) is 63.2 Å². The van der Waals surface area contributed by atoms with Gasteiger partial charge in [-0.25, -0.2) is 0 Å². The van der Waals surface area contributed by atoms with Crippen LogP contribution in [0.4, 0.5) is 0 Å². The predicted octanol–water partition coefficient (Wildman–Crippen LogP) is 6.27. The molecule has 4 heteroatoms. The summed E-state index contributed by atoms with van der Waals surface area (Å²) in [5, 5.41) is 0. The standard InChI is InChI=1S/C27H39NO2S/c1-17-16-22-26(2,15-13-24(29)28(22)4)21-12-14-27(3)20(25(17)21)10-11-23(27)30-18-6-8-19(31-5)9-7-18/h6-9,17,20-23,25H,10-16H2,1-5H3/t17?,20-,21+,22?,23?,25-,26+,27-/m0/s1. The van der Waals surface area contributed by atoms with Crippen molar-refractivity contribution in [2.75, 3.05) is 13.3 Å². The van der Waals surface area contributed by atoms with Gasteiger partial charge in [-0.1, -0.05) is 20.8 Å². The summed E-state index contributed by atoms with van der Waals surface area (Å²) in [6.07, 6.45) is 10.5. The van der Waals surface area contributed by atoms with Gasteiger partial charge in [0.1, 0.15) is 11.9 Å². The molecule has 5 rings (SSSR count). The molecule has 3 saturated carbocycles. The number of nitrogens with zero attached hydrogens (tertiary/aromatic N) is 1. The molecule has 4 aliphatic rings. The normalized spacial score (nSPS) is 44.4. The predicted molar refractivity (Wildman–Crippen MR) is 127 cm³/mol. The zero-order valence-corrected chi connectivity index (χ0v) is 20.7. The molecule has 1 aromatic rings. The summed E-state index contributed by atoms with van der Waals surface area (Å²) in [6, 6.07) is 9.08. The first-order chi connectivity index (χ1) is 14.8. The van der Waals surface area contributed by atoms with E-state index in [-0.39, 0.29) is 10.8 Å². The van der Waals surface area contributed by atoms with E-state index in [1.807, 2.05) is 0 Å². The van der Waals surface area contributed by atoms with Gasteiger partial charge in [0.05, 0.1) is 0 Å².